The van der Waals surface area contributed by atoms with Crippen LogP contribution in [0.4, 0.5) is 0 Å². The maximum Gasteiger partial charge on any atom is 0.242 e. The molecule has 0 unspecified atom stereocenters. The van der Waals surface area contributed by atoms with Gasteiger partial charge >= 0.3 is 0 Å². The molecule has 0 aliphatic heterocycles. The maximum atomic E-state index is 12.1. The quantitative estimate of drug-likeness (QED) is 0.785. The van der Waals surface area contributed by atoms with E-state index >= 15 is 0 Å². The third-order valence-corrected chi connectivity index (χ3v) is 3.22. The Morgan fingerprint density at radius 1 is 1.26 bits per heavy atom. The molecule has 0 aliphatic rings. The molecule has 1 aromatic carbocycles. The van der Waals surface area contributed by atoms with Crippen LogP contribution in [0.5, 0.6) is 5.75 Å². The lowest BCUT2D eigenvalue weighted by Crippen LogP contribution is -2.42. The second-order valence-electron chi connectivity index (χ2n) is 6.43. The van der Waals surface area contributed by atoms with Crippen LogP contribution in [0.1, 0.15) is 26.3 Å². The summed E-state index contributed by atoms with van der Waals surface area (Å²) in [7, 11) is 1.72. The van der Waals surface area contributed by atoms with Gasteiger partial charge in [0.15, 0.2) is 0 Å². The summed E-state index contributed by atoms with van der Waals surface area (Å²) >= 11 is 0. The number of hydrogen-bond donors (Lipinski definition) is 1. The summed E-state index contributed by atoms with van der Waals surface area (Å²) in [6, 6.07) is 7.54. The fourth-order valence-corrected chi connectivity index (χ4v) is 1.76. The maximum absolute atomic E-state index is 12.1. The van der Waals surface area contributed by atoms with E-state index in [0.29, 0.717) is 13.2 Å². The minimum atomic E-state index is -0.500. The number of ether oxygens (including phenoxy) is 1. The third kappa shape index (κ3) is 6.55. The molecule has 5 heteroatoms. The number of nitrogens with zero attached hydrogens (tertiary/aromatic N) is 1. The van der Waals surface area contributed by atoms with Gasteiger partial charge in [0.05, 0.1) is 6.54 Å². The minimum Gasteiger partial charge on any atom is -0.490 e. The van der Waals surface area contributed by atoms with E-state index in [0.717, 1.165) is 11.3 Å². The summed E-state index contributed by atoms with van der Waals surface area (Å²) in [5.41, 5.74) is 0.495. The van der Waals surface area contributed by atoms with Gasteiger partial charge in [0.1, 0.15) is 12.4 Å². The Morgan fingerprint density at radius 3 is 2.39 bits per heavy atom. The first-order chi connectivity index (χ1) is 10.7. The average molecular weight is 318 g/mol. The first kappa shape index (κ1) is 18.7. The van der Waals surface area contributed by atoms with E-state index in [1.165, 1.54) is 0 Å². The molecule has 1 aromatic rings. The second-order valence-corrected chi connectivity index (χ2v) is 6.43. The van der Waals surface area contributed by atoms with Crippen LogP contribution in [0, 0.1) is 5.41 Å². The average Bonchev–Trinajstić information content (AvgIpc) is 2.50. The predicted molar refractivity (Wildman–Crippen MR) is 91.1 cm³/mol. The number of likely N-dealkylation sites (N-methyl/N-ethyl adjacent to an activating group) is 1. The predicted octanol–water partition coefficient (Wildman–Crippen LogP) is 2.37. The molecule has 0 aliphatic carbocycles. The summed E-state index contributed by atoms with van der Waals surface area (Å²) < 4.78 is 5.41. The molecule has 0 aromatic heterocycles. The van der Waals surface area contributed by atoms with Crippen molar-refractivity contribution >= 4 is 11.8 Å². The summed E-state index contributed by atoms with van der Waals surface area (Å²) in [5.74, 6) is 0.498. The standard InChI is InChI=1S/C18H26N2O3/c1-6-11-23-15-9-7-14(8-10-15)13-20(5)16(21)12-19-17(22)18(2,3)4/h6-10H,1,11-13H2,2-5H3,(H,19,22). The van der Waals surface area contributed by atoms with Crippen molar-refractivity contribution in [2.75, 3.05) is 20.2 Å². The molecule has 0 saturated heterocycles. The number of nitrogens with one attached hydrogen (secondary N) is 1. The molecule has 0 atom stereocenters. The van der Waals surface area contributed by atoms with Gasteiger partial charge in [-0.15, -0.1) is 0 Å². The molecule has 0 fully saturated rings. The zero-order chi connectivity index (χ0) is 17.5. The Morgan fingerprint density at radius 2 is 1.87 bits per heavy atom. The molecule has 0 bridgehead atoms. The lowest BCUT2D eigenvalue weighted by atomic mass is 9.96. The smallest absolute Gasteiger partial charge is 0.242 e. The minimum absolute atomic E-state index is 0.00708. The molecule has 0 heterocycles. The van der Waals surface area contributed by atoms with E-state index in [2.05, 4.69) is 11.9 Å². The Labute approximate surface area is 138 Å². The summed E-state index contributed by atoms with van der Waals surface area (Å²) in [6.45, 7) is 9.98. The largest absolute Gasteiger partial charge is 0.490 e. The van der Waals surface area contributed by atoms with E-state index in [9.17, 15) is 9.59 Å². The molecule has 5 nitrogen and oxygen atoms in total. The highest BCUT2D eigenvalue weighted by Crippen LogP contribution is 2.14. The lowest BCUT2D eigenvalue weighted by Gasteiger charge is -2.21. The fourth-order valence-electron chi connectivity index (χ4n) is 1.76. The molecule has 2 amide bonds. The van der Waals surface area contributed by atoms with Crippen LogP contribution in [-0.4, -0.2) is 36.9 Å². The van der Waals surface area contributed by atoms with Crippen molar-refractivity contribution in [2.24, 2.45) is 5.41 Å². The summed E-state index contributed by atoms with van der Waals surface area (Å²) in [5, 5.41) is 2.66. The Bertz CT molecular complexity index is 544. The monoisotopic (exact) mass is 318 g/mol. The van der Waals surface area contributed by atoms with Crippen LogP contribution in [0.2, 0.25) is 0 Å². The highest BCUT2D eigenvalue weighted by atomic mass is 16.5. The molecular formula is C18H26N2O3. The highest BCUT2D eigenvalue weighted by Gasteiger charge is 2.22. The molecule has 0 saturated carbocycles. The van der Waals surface area contributed by atoms with E-state index in [1.807, 2.05) is 45.0 Å². The van der Waals surface area contributed by atoms with Crippen LogP contribution in [0.3, 0.4) is 0 Å². The molecular weight excluding hydrogens is 292 g/mol. The molecule has 1 rings (SSSR count). The lowest BCUT2D eigenvalue weighted by molar-refractivity contribution is -0.134. The second kappa shape index (κ2) is 8.36. The number of amides is 2. The number of carbonyl (C=O) groups excluding carboxylic acids is 2. The van der Waals surface area contributed by atoms with Gasteiger partial charge in [0, 0.05) is 19.0 Å². The van der Waals surface area contributed by atoms with E-state index in [-0.39, 0.29) is 18.4 Å². The number of hydrogen-bond acceptors (Lipinski definition) is 3. The van der Waals surface area contributed by atoms with Crippen molar-refractivity contribution in [3.05, 3.63) is 42.5 Å². The van der Waals surface area contributed by atoms with Crippen molar-refractivity contribution < 1.29 is 14.3 Å². The van der Waals surface area contributed by atoms with Gasteiger partial charge < -0.3 is 15.0 Å². The molecule has 0 spiro atoms. The number of carbonyl (C=O) groups is 2. The van der Waals surface area contributed by atoms with Crippen molar-refractivity contribution in [2.45, 2.75) is 27.3 Å². The summed E-state index contributed by atoms with van der Waals surface area (Å²) in [6.07, 6.45) is 1.69. The van der Waals surface area contributed by atoms with Crippen LogP contribution < -0.4 is 10.1 Å². The van der Waals surface area contributed by atoms with Gasteiger partial charge in [-0.3, -0.25) is 9.59 Å². The van der Waals surface area contributed by atoms with Gasteiger partial charge in [0.25, 0.3) is 0 Å². The molecule has 1 N–H and O–H groups in total. The molecule has 23 heavy (non-hydrogen) atoms. The first-order valence-electron chi connectivity index (χ1n) is 7.59. The zero-order valence-electron chi connectivity index (χ0n) is 14.4. The molecule has 0 radical (unpaired) electrons. The fraction of sp³-hybridized carbons (Fsp3) is 0.444. The topological polar surface area (TPSA) is 58.6 Å². The SMILES string of the molecule is C=CCOc1ccc(CN(C)C(=O)CNC(=O)C(C)(C)C)cc1. The van der Waals surface area contributed by atoms with Gasteiger partial charge in [-0.2, -0.15) is 0 Å². The van der Waals surface area contributed by atoms with Crippen LogP contribution >= 0.6 is 0 Å². The van der Waals surface area contributed by atoms with Gasteiger partial charge in [-0.25, -0.2) is 0 Å². The summed E-state index contributed by atoms with van der Waals surface area (Å²) in [4.78, 5) is 25.4. The van der Waals surface area contributed by atoms with Crippen molar-refractivity contribution in [1.82, 2.24) is 10.2 Å². The zero-order valence-corrected chi connectivity index (χ0v) is 14.4. The Kier molecular flexibility index (Phi) is 6.82. The normalized spacial score (nSPS) is 10.8. The van der Waals surface area contributed by atoms with Crippen molar-refractivity contribution in [3.8, 4) is 5.75 Å². The van der Waals surface area contributed by atoms with E-state index in [1.54, 1.807) is 18.0 Å². The van der Waals surface area contributed by atoms with Crippen LogP contribution in [-0.2, 0) is 16.1 Å². The van der Waals surface area contributed by atoms with Crippen molar-refractivity contribution in [3.63, 3.8) is 0 Å². The Balaban J connectivity index is 2.48. The number of rotatable bonds is 7. The number of benzene rings is 1. The first-order valence-corrected chi connectivity index (χ1v) is 7.59. The molecule has 126 valence electrons. The van der Waals surface area contributed by atoms with Crippen LogP contribution in [0.15, 0.2) is 36.9 Å². The Hall–Kier alpha value is -2.30. The van der Waals surface area contributed by atoms with Gasteiger partial charge in [-0.1, -0.05) is 45.6 Å². The van der Waals surface area contributed by atoms with Crippen molar-refractivity contribution in [1.29, 1.82) is 0 Å². The van der Waals surface area contributed by atoms with Gasteiger partial charge in [-0.05, 0) is 17.7 Å². The van der Waals surface area contributed by atoms with E-state index in [4.69, 9.17) is 4.74 Å². The van der Waals surface area contributed by atoms with Gasteiger partial charge in [0.2, 0.25) is 11.8 Å². The van der Waals surface area contributed by atoms with Crippen LogP contribution in [0.25, 0.3) is 0 Å². The third-order valence-electron chi connectivity index (χ3n) is 3.22. The van der Waals surface area contributed by atoms with E-state index < -0.39 is 5.41 Å². The highest BCUT2D eigenvalue weighted by molar-refractivity contribution is 5.87.